The summed E-state index contributed by atoms with van der Waals surface area (Å²) in [5.74, 6) is 0.152. The van der Waals surface area contributed by atoms with E-state index in [2.05, 4.69) is 5.32 Å². The van der Waals surface area contributed by atoms with Gasteiger partial charge in [-0.1, -0.05) is 60.7 Å². The number of nitrogens with one attached hydrogen (secondary N) is 1. The summed E-state index contributed by atoms with van der Waals surface area (Å²) in [4.78, 5) is 11.9. The molecule has 0 spiro atoms. The second-order valence-corrected chi connectivity index (χ2v) is 5.87. The first-order valence-corrected chi connectivity index (χ1v) is 8.51. The summed E-state index contributed by atoms with van der Waals surface area (Å²) >= 11 is 0. The molecule has 0 atom stereocenters. The van der Waals surface area contributed by atoms with Crippen molar-refractivity contribution in [2.75, 3.05) is 13.2 Å². The third-order valence-electron chi connectivity index (χ3n) is 4.01. The molecule has 1 N–H and O–H groups in total. The normalized spacial score (nSPS) is 10.3. The minimum absolute atomic E-state index is 0.0675. The van der Waals surface area contributed by atoms with Gasteiger partial charge >= 0.3 is 0 Å². The van der Waals surface area contributed by atoms with Crippen molar-refractivity contribution in [2.24, 2.45) is 0 Å². The molecule has 3 aromatic carbocycles. The fourth-order valence-corrected chi connectivity index (χ4v) is 2.61. The van der Waals surface area contributed by atoms with Gasteiger partial charge in [0.1, 0.15) is 11.6 Å². The Hall–Kier alpha value is -3.14. The van der Waals surface area contributed by atoms with Crippen molar-refractivity contribution in [3.05, 3.63) is 90.2 Å². The predicted molar refractivity (Wildman–Crippen MR) is 100 cm³/mol. The van der Waals surface area contributed by atoms with Crippen LogP contribution in [0.1, 0.15) is 5.56 Å². The number of carbonyl (C=O) groups excluding carboxylic acids is 1. The molecular formula is C22H20FNO2. The minimum atomic E-state index is -0.253. The number of benzene rings is 3. The first kappa shape index (κ1) is 17.7. The third-order valence-corrected chi connectivity index (χ3v) is 4.01. The van der Waals surface area contributed by atoms with Gasteiger partial charge in [-0.2, -0.15) is 0 Å². The predicted octanol–water partition coefficient (Wildman–Crippen LogP) is 4.23. The molecule has 26 heavy (non-hydrogen) atoms. The van der Waals surface area contributed by atoms with Gasteiger partial charge in [-0.05, 0) is 41.3 Å². The van der Waals surface area contributed by atoms with Crippen LogP contribution in [-0.4, -0.2) is 19.1 Å². The van der Waals surface area contributed by atoms with Crippen molar-refractivity contribution < 1.29 is 13.9 Å². The number of carbonyl (C=O) groups is 1. The van der Waals surface area contributed by atoms with Gasteiger partial charge in [0, 0.05) is 6.54 Å². The van der Waals surface area contributed by atoms with E-state index in [0.717, 1.165) is 11.1 Å². The van der Waals surface area contributed by atoms with Crippen LogP contribution in [0.15, 0.2) is 78.9 Å². The second kappa shape index (κ2) is 8.81. The summed E-state index contributed by atoms with van der Waals surface area (Å²) in [6.07, 6.45) is 0.449. The highest BCUT2D eigenvalue weighted by Crippen LogP contribution is 2.21. The molecule has 0 heterocycles. The van der Waals surface area contributed by atoms with Gasteiger partial charge in [0.05, 0.1) is 0 Å². The van der Waals surface area contributed by atoms with Crippen LogP contribution in [0, 0.1) is 5.82 Å². The van der Waals surface area contributed by atoms with Gasteiger partial charge in [0.25, 0.3) is 5.91 Å². The molecule has 0 saturated carbocycles. The molecule has 1 amide bonds. The molecule has 4 heteroatoms. The first-order valence-electron chi connectivity index (χ1n) is 8.51. The summed E-state index contributed by atoms with van der Waals surface area (Å²) in [6.45, 7) is 0.304. The number of amides is 1. The summed E-state index contributed by atoms with van der Waals surface area (Å²) in [5, 5.41) is 2.74. The zero-order valence-corrected chi connectivity index (χ0v) is 14.3. The fraction of sp³-hybridized carbons (Fsp3) is 0.136. The Kier molecular flexibility index (Phi) is 5.99. The molecule has 3 nitrogen and oxygen atoms in total. The summed E-state index contributed by atoms with van der Waals surface area (Å²) in [6, 6.07) is 24.2. The van der Waals surface area contributed by atoms with Crippen molar-refractivity contribution in [1.29, 1.82) is 0 Å². The molecule has 0 aliphatic rings. The number of rotatable bonds is 7. The van der Waals surface area contributed by atoms with Crippen LogP contribution in [0.25, 0.3) is 11.1 Å². The van der Waals surface area contributed by atoms with Crippen LogP contribution in [0.4, 0.5) is 4.39 Å². The summed E-state index contributed by atoms with van der Waals surface area (Å²) in [7, 11) is 0. The summed E-state index contributed by atoms with van der Waals surface area (Å²) < 4.78 is 19.0. The summed E-state index contributed by atoms with van der Waals surface area (Å²) in [5.41, 5.74) is 2.81. The average Bonchev–Trinajstić information content (AvgIpc) is 2.69. The third kappa shape index (κ3) is 4.93. The fourth-order valence-electron chi connectivity index (χ4n) is 2.61. The Balaban J connectivity index is 1.44. The molecule has 3 rings (SSSR count). The molecule has 0 radical (unpaired) electrons. The zero-order valence-electron chi connectivity index (χ0n) is 14.3. The highest BCUT2D eigenvalue weighted by Gasteiger charge is 2.05. The van der Waals surface area contributed by atoms with Crippen molar-refractivity contribution in [3.63, 3.8) is 0 Å². The van der Waals surface area contributed by atoms with Gasteiger partial charge < -0.3 is 10.1 Å². The van der Waals surface area contributed by atoms with Crippen molar-refractivity contribution in [3.8, 4) is 16.9 Å². The van der Waals surface area contributed by atoms with Crippen LogP contribution in [0.3, 0.4) is 0 Å². The lowest BCUT2D eigenvalue weighted by atomic mass is 10.1. The second-order valence-electron chi connectivity index (χ2n) is 5.87. The van der Waals surface area contributed by atoms with Crippen molar-refractivity contribution in [1.82, 2.24) is 5.32 Å². The highest BCUT2D eigenvalue weighted by molar-refractivity contribution is 5.77. The van der Waals surface area contributed by atoms with E-state index in [9.17, 15) is 9.18 Å². The van der Waals surface area contributed by atoms with Crippen LogP contribution in [-0.2, 0) is 11.2 Å². The maximum absolute atomic E-state index is 13.5. The molecule has 0 bridgehead atoms. The highest BCUT2D eigenvalue weighted by atomic mass is 19.1. The average molecular weight is 349 g/mol. The van der Waals surface area contributed by atoms with Crippen molar-refractivity contribution in [2.45, 2.75) is 6.42 Å². The van der Waals surface area contributed by atoms with E-state index in [-0.39, 0.29) is 18.3 Å². The quantitative estimate of drug-likeness (QED) is 0.693. The first-order chi connectivity index (χ1) is 12.7. The van der Waals surface area contributed by atoms with Crippen LogP contribution < -0.4 is 10.1 Å². The lowest BCUT2D eigenvalue weighted by Crippen LogP contribution is -2.30. The van der Waals surface area contributed by atoms with Gasteiger partial charge in [0.2, 0.25) is 0 Å². The molecule has 0 aliphatic heterocycles. The number of ether oxygens (including phenoxy) is 1. The van der Waals surface area contributed by atoms with E-state index in [1.807, 2.05) is 54.6 Å². The Morgan fingerprint density at radius 2 is 1.50 bits per heavy atom. The molecule has 132 valence electrons. The standard InChI is InChI=1S/C22H20FNO2/c23-21-9-5-4-8-19(21)14-15-24-22(25)16-26-20-12-10-18(11-13-20)17-6-2-1-3-7-17/h1-13H,14-16H2,(H,24,25). The topological polar surface area (TPSA) is 38.3 Å². The smallest absolute Gasteiger partial charge is 0.257 e. The van der Waals surface area contributed by atoms with Crippen LogP contribution in [0.2, 0.25) is 0 Å². The Bertz CT molecular complexity index is 848. The van der Waals surface area contributed by atoms with Gasteiger partial charge in [-0.15, -0.1) is 0 Å². The number of hydrogen-bond acceptors (Lipinski definition) is 2. The van der Waals surface area contributed by atoms with Crippen molar-refractivity contribution >= 4 is 5.91 Å². The largest absolute Gasteiger partial charge is 0.484 e. The molecule has 0 saturated heterocycles. The van der Waals surface area contributed by atoms with E-state index in [0.29, 0.717) is 24.3 Å². The zero-order chi connectivity index (χ0) is 18.2. The molecule has 0 aliphatic carbocycles. The van der Waals surface area contributed by atoms with Gasteiger partial charge in [-0.3, -0.25) is 4.79 Å². The number of hydrogen-bond donors (Lipinski definition) is 1. The molecule has 0 fully saturated rings. The lowest BCUT2D eigenvalue weighted by Gasteiger charge is -2.09. The van der Waals surface area contributed by atoms with E-state index in [4.69, 9.17) is 4.74 Å². The van der Waals surface area contributed by atoms with Gasteiger partial charge in [0.15, 0.2) is 6.61 Å². The van der Waals surface area contributed by atoms with Crippen LogP contribution >= 0.6 is 0 Å². The molecule has 3 aromatic rings. The SMILES string of the molecule is O=C(COc1ccc(-c2ccccc2)cc1)NCCc1ccccc1F. The molecule has 0 aromatic heterocycles. The van der Waals surface area contributed by atoms with Crippen LogP contribution in [0.5, 0.6) is 5.75 Å². The van der Waals surface area contributed by atoms with E-state index in [1.165, 1.54) is 6.07 Å². The Labute approximate surface area is 152 Å². The monoisotopic (exact) mass is 349 g/mol. The molecular weight excluding hydrogens is 329 g/mol. The van der Waals surface area contributed by atoms with E-state index >= 15 is 0 Å². The minimum Gasteiger partial charge on any atom is -0.484 e. The Morgan fingerprint density at radius 3 is 2.23 bits per heavy atom. The molecule has 0 unspecified atom stereocenters. The van der Waals surface area contributed by atoms with E-state index < -0.39 is 0 Å². The lowest BCUT2D eigenvalue weighted by molar-refractivity contribution is -0.123. The van der Waals surface area contributed by atoms with Gasteiger partial charge in [-0.25, -0.2) is 4.39 Å². The van der Waals surface area contributed by atoms with E-state index in [1.54, 1.807) is 18.2 Å². The number of halogens is 1. The Morgan fingerprint density at radius 1 is 0.846 bits per heavy atom. The maximum Gasteiger partial charge on any atom is 0.257 e. The maximum atomic E-state index is 13.5.